The van der Waals surface area contributed by atoms with Gasteiger partial charge in [0.1, 0.15) is 11.5 Å². The van der Waals surface area contributed by atoms with Crippen LogP contribution in [0.25, 0.3) is 12.2 Å². The molecule has 0 aromatic heterocycles. The largest absolute Gasteiger partial charge is 0.497 e. The minimum Gasteiger partial charge on any atom is -0.497 e. The lowest BCUT2D eigenvalue weighted by molar-refractivity contribution is -0.166. The molecule has 0 fully saturated rings. The zero-order chi connectivity index (χ0) is 18.1. The van der Waals surface area contributed by atoms with Gasteiger partial charge in [-0.3, -0.25) is 0 Å². The van der Waals surface area contributed by atoms with E-state index in [0.717, 1.165) is 5.56 Å². The minimum absolute atomic E-state index is 0.0226. The normalized spacial score (nSPS) is 15.4. The maximum Gasteiger partial charge on any atom is 0.442 e. The van der Waals surface area contributed by atoms with Gasteiger partial charge in [0.25, 0.3) is 0 Å². The van der Waals surface area contributed by atoms with E-state index in [4.69, 9.17) is 9.47 Å². The number of hydrogen-bond donors (Lipinski definition) is 0. The van der Waals surface area contributed by atoms with Crippen molar-refractivity contribution in [1.82, 2.24) is 0 Å². The molecule has 0 saturated carbocycles. The summed E-state index contributed by atoms with van der Waals surface area (Å²) in [5.41, 5.74) is -1.60. The molecule has 0 amide bonds. The van der Waals surface area contributed by atoms with Crippen LogP contribution in [-0.2, 0) is 5.66 Å². The zero-order valence-electron chi connectivity index (χ0n) is 13.5. The fraction of sp³-hybridized carbons (Fsp3) is 0.222. The second-order valence-corrected chi connectivity index (χ2v) is 5.41. The third-order valence-corrected chi connectivity index (χ3v) is 3.86. The molecule has 25 heavy (non-hydrogen) atoms. The van der Waals surface area contributed by atoms with Gasteiger partial charge in [0.15, 0.2) is 0 Å². The van der Waals surface area contributed by atoms with Crippen molar-refractivity contribution in [2.24, 2.45) is 10.2 Å². The number of methoxy groups -OCH3 is 2. The second-order valence-electron chi connectivity index (χ2n) is 5.41. The van der Waals surface area contributed by atoms with Gasteiger partial charge in [-0.05, 0) is 17.2 Å². The van der Waals surface area contributed by atoms with Crippen LogP contribution in [0.2, 0.25) is 0 Å². The van der Waals surface area contributed by atoms with Gasteiger partial charge in [0, 0.05) is 6.07 Å². The van der Waals surface area contributed by atoms with E-state index in [0.29, 0.717) is 5.75 Å². The molecule has 4 nitrogen and oxygen atoms in total. The molecule has 1 aliphatic rings. The van der Waals surface area contributed by atoms with E-state index in [2.05, 4.69) is 10.2 Å². The summed E-state index contributed by atoms with van der Waals surface area (Å²) in [6.45, 7) is 0. The third kappa shape index (κ3) is 3.09. The van der Waals surface area contributed by atoms with E-state index in [-0.39, 0.29) is 16.9 Å². The molecule has 0 atom stereocenters. The Kier molecular flexibility index (Phi) is 4.24. The maximum absolute atomic E-state index is 13.5. The Bertz CT molecular complexity index is 824. The molecule has 0 radical (unpaired) electrons. The van der Waals surface area contributed by atoms with Crippen molar-refractivity contribution < 1.29 is 22.6 Å². The van der Waals surface area contributed by atoms with Gasteiger partial charge < -0.3 is 9.47 Å². The van der Waals surface area contributed by atoms with Crippen LogP contribution in [0, 0.1) is 0 Å². The van der Waals surface area contributed by atoms with Gasteiger partial charge in [-0.2, -0.15) is 13.2 Å². The van der Waals surface area contributed by atoms with E-state index >= 15 is 0 Å². The van der Waals surface area contributed by atoms with E-state index in [1.807, 2.05) is 30.3 Å². The second kappa shape index (κ2) is 6.23. The van der Waals surface area contributed by atoms with E-state index < -0.39 is 11.8 Å². The fourth-order valence-corrected chi connectivity index (χ4v) is 2.55. The highest BCUT2D eigenvalue weighted by molar-refractivity contribution is 5.74. The topological polar surface area (TPSA) is 43.2 Å². The molecule has 130 valence electrons. The van der Waals surface area contributed by atoms with Crippen molar-refractivity contribution in [3.63, 3.8) is 0 Å². The molecule has 3 rings (SSSR count). The van der Waals surface area contributed by atoms with Crippen molar-refractivity contribution in [1.29, 1.82) is 0 Å². The highest BCUT2D eigenvalue weighted by Gasteiger charge is 2.67. The predicted octanol–water partition coefficient (Wildman–Crippen LogP) is 5.06. The molecule has 0 spiro atoms. The van der Waals surface area contributed by atoms with Crippen molar-refractivity contribution in [2.75, 3.05) is 14.2 Å². The van der Waals surface area contributed by atoms with Gasteiger partial charge >= 0.3 is 11.8 Å². The molecule has 2 aromatic carbocycles. The quantitative estimate of drug-likeness (QED) is 0.709. The van der Waals surface area contributed by atoms with Crippen molar-refractivity contribution >= 4 is 12.2 Å². The van der Waals surface area contributed by atoms with Crippen molar-refractivity contribution in [3.05, 3.63) is 59.2 Å². The van der Waals surface area contributed by atoms with E-state index in [1.165, 1.54) is 26.4 Å². The fourth-order valence-electron chi connectivity index (χ4n) is 2.55. The number of rotatable bonds is 5. The Morgan fingerprint density at radius 3 is 2.16 bits per heavy atom. The third-order valence-electron chi connectivity index (χ3n) is 3.86. The first-order valence-corrected chi connectivity index (χ1v) is 7.41. The van der Waals surface area contributed by atoms with Gasteiger partial charge in [0.2, 0.25) is 0 Å². The summed E-state index contributed by atoms with van der Waals surface area (Å²) in [7, 11) is 2.74. The van der Waals surface area contributed by atoms with Crippen LogP contribution < -0.4 is 9.47 Å². The average molecular weight is 348 g/mol. The Morgan fingerprint density at radius 1 is 0.960 bits per heavy atom. The first-order valence-electron chi connectivity index (χ1n) is 7.41. The SMILES string of the molecule is COc1cc(/C=C/c2ccccc2)c(C2(C(F)(F)F)N=N2)c(OC)c1. The first kappa shape index (κ1) is 17.0. The highest BCUT2D eigenvalue weighted by Crippen LogP contribution is 2.56. The lowest BCUT2D eigenvalue weighted by Gasteiger charge is -2.20. The lowest BCUT2D eigenvalue weighted by atomic mass is 9.94. The van der Waals surface area contributed by atoms with Gasteiger partial charge in [-0.25, -0.2) is 0 Å². The molecule has 0 N–H and O–H groups in total. The zero-order valence-corrected chi connectivity index (χ0v) is 13.5. The summed E-state index contributed by atoms with van der Waals surface area (Å²) in [6, 6.07) is 12.1. The van der Waals surface area contributed by atoms with Crippen LogP contribution in [0.4, 0.5) is 13.2 Å². The summed E-state index contributed by atoms with van der Waals surface area (Å²) in [5, 5.41) is 6.60. The van der Waals surface area contributed by atoms with Crippen LogP contribution in [0.5, 0.6) is 11.5 Å². The first-order chi connectivity index (χ1) is 11.9. The van der Waals surface area contributed by atoms with Crippen LogP contribution >= 0.6 is 0 Å². The molecule has 1 aliphatic heterocycles. The molecule has 1 heterocycles. The number of ether oxygens (including phenoxy) is 2. The average Bonchev–Trinajstić information content (AvgIpc) is 3.41. The molecule has 0 unspecified atom stereocenters. The highest BCUT2D eigenvalue weighted by atomic mass is 19.4. The molecule has 0 aliphatic carbocycles. The minimum atomic E-state index is -4.65. The van der Waals surface area contributed by atoms with Crippen LogP contribution in [0.3, 0.4) is 0 Å². The predicted molar refractivity (Wildman–Crippen MR) is 87.5 cm³/mol. The summed E-state index contributed by atoms with van der Waals surface area (Å²) in [5.74, 6) is 0.403. The van der Waals surface area contributed by atoms with Gasteiger partial charge in [-0.1, -0.05) is 42.5 Å². The smallest absolute Gasteiger partial charge is 0.442 e. The van der Waals surface area contributed by atoms with Crippen molar-refractivity contribution in [3.8, 4) is 11.5 Å². The molecule has 0 bridgehead atoms. The van der Waals surface area contributed by atoms with Gasteiger partial charge in [-0.15, -0.1) is 10.2 Å². The van der Waals surface area contributed by atoms with E-state index in [1.54, 1.807) is 12.2 Å². The Labute approximate surface area is 142 Å². The van der Waals surface area contributed by atoms with Crippen molar-refractivity contribution in [2.45, 2.75) is 11.8 Å². The standard InChI is InChI=1S/C18H15F3N2O2/c1-24-14-10-13(9-8-12-6-4-3-5-7-12)16(15(11-14)25-2)17(22-23-17)18(19,20)21/h3-11H,1-2H3/b9-8+. The Balaban J connectivity index is 2.14. The summed E-state index contributed by atoms with van der Waals surface area (Å²) >= 11 is 0. The summed E-state index contributed by atoms with van der Waals surface area (Å²) < 4.78 is 50.9. The summed E-state index contributed by atoms with van der Waals surface area (Å²) in [4.78, 5) is 0. The van der Waals surface area contributed by atoms with E-state index in [9.17, 15) is 13.2 Å². The maximum atomic E-state index is 13.5. The number of benzene rings is 2. The molecule has 0 saturated heterocycles. The van der Waals surface area contributed by atoms with Crippen LogP contribution in [-0.4, -0.2) is 20.4 Å². The van der Waals surface area contributed by atoms with Crippen LogP contribution in [0.15, 0.2) is 52.7 Å². The lowest BCUT2D eigenvalue weighted by Crippen LogP contribution is -2.31. The number of hydrogen-bond acceptors (Lipinski definition) is 4. The monoisotopic (exact) mass is 348 g/mol. The Morgan fingerprint density at radius 2 is 1.64 bits per heavy atom. The summed E-state index contributed by atoms with van der Waals surface area (Å²) in [6.07, 6.45) is -1.36. The Hall–Kier alpha value is -2.83. The molecule has 2 aromatic rings. The number of halogens is 3. The van der Waals surface area contributed by atoms with Crippen LogP contribution in [0.1, 0.15) is 16.7 Å². The molecule has 7 heteroatoms. The molecular weight excluding hydrogens is 333 g/mol. The number of alkyl halides is 3. The molecular formula is C18H15F3N2O2. The van der Waals surface area contributed by atoms with Gasteiger partial charge in [0.05, 0.1) is 19.8 Å². The number of nitrogens with zero attached hydrogens (tertiary/aromatic N) is 2.